The topological polar surface area (TPSA) is 0 Å². The minimum absolute atomic E-state index is 1.35. The maximum absolute atomic E-state index is 2.42. The Kier molecular flexibility index (Phi) is 2.12. The summed E-state index contributed by atoms with van der Waals surface area (Å²) in [5.41, 5.74) is 1.35. The van der Waals surface area contributed by atoms with Gasteiger partial charge in [0.25, 0.3) is 0 Å². The van der Waals surface area contributed by atoms with E-state index in [2.05, 4.69) is 54.6 Å². The molecule has 2 heteroatoms. The standard InChI is InChI=1S/C10H9IS/c1-6-3-4-8-9(5-6)12-7(2)10(8)11/h3-5H,1-2H3. The molecule has 0 unspecified atom stereocenters. The number of rotatable bonds is 0. The average molecular weight is 288 g/mol. The average Bonchev–Trinajstić information content (AvgIpc) is 2.28. The largest absolute Gasteiger partial charge is 0.139 e. The van der Waals surface area contributed by atoms with Gasteiger partial charge in [-0.1, -0.05) is 12.1 Å². The molecule has 0 aliphatic carbocycles. The molecule has 0 fully saturated rings. The molecule has 12 heavy (non-hydrogen) atoms. The number of aryl methyl sites for hydroxylation is 2. The first-order chi connectivity index (χ1) is 5.68. The number of thiophene rings is 1. The summed E-state index contributed by atoms with van der Waals surface area (Å²) < 4.78 is 2.82. The minimum Gasteiger partial charge on any atom is -0.139 e. The molecule has 0 aliphatic heterocycles. The van der Waals surface area contributed by atoms with E-state index in [0.29, 0.717) is 0 Å². The summed E-state index contributed by atoms with van der Waals surface area (Å²) in [6.45, 7) is 4.32. The molecule has 0 spiro atoms. The number of benzene rings is 1. The van der Waals surface area contributed by atoms with E-state index < -0.39 is 0 Å². The van der Waals surface area contributed by atoms with Gasteiger partial charge in [0.15, 0.2) is 0 Å². The van der Waals surface area contributed by atoms with E-state index in [4.69, 9.17) is 0 Å². The Morgan fingerprint density at radius 2 is 2.00 bits per heavy atom. The molecule has 0 N–H and O–H groups in total. The number of halogens is 1. The second kappa shape index (κ2) is 3.00. The van der Waals surface area contributed by atoms with Crippen LogP contribution in [-0.2, 0) is 0 Å². The van der Waals surface area contributed by atoms with Crippen LogP contribution in [0.25, 0.3) is 10.1 Å². The van der Waals surface area contributed by atoms with Gasteiger partial charge in [-0.25, -0.2) is 0 Å². The molecule has 1 aromatic heterocycles. The van der Waals surface area contributed by atoms with E-state index in [9.17, 15) is 0 Å². The fourth-order valence-corrected chi connectivity index (χ4v) is 3.33. The van der Waals surface area contributed by atoms with Crippen LogP contribution in [-0.4, -0.2) is 0 Å². The Morgan fingerprint density at radius 3 is 2.75 bits per heavy atom. The van der Waals surface area contributed by atoms with Gasteiger partial charge in [-0.2, -0.15) is 0 Å². The van der Waals surface area contributed by atoms with E-state index in [1.807, 2.05) is 11.3 Å². The zero-order valence-corrected chi connectivity index (χ0v) is 9.99. The highest BCUT2D eigenvalue weighted by atomic mass is 127. The normalized spacial score (nSPS) is 10.9. The van der Waals surface area contributed by atoms with Crippen molar-refractivity contribution in [3.05, 3.63) is 32.2 Å². The maximum atomic E-state index is 2.42. The van der Waals surface area contributed by atoms with Gasteiger partial charge >= 0.3 is 0 Å². The first kappa shape index (κ1) is 8.51. The predicted octanol–water partition coefficient (Wildman–Crippen LogP) is 4.12. The van der Waals surface area contributed by atoms with Crippen molar-refractivity contribution in [3.63, 3.8) is 0 Å². The van der Waals surface area contributed by atoms with E-state index >= 15 is 0 Å². The second-order valence-electron chi connectivity index (χ2n) is 2.97. The summed E-state index contributed by atoms with van der Waals surface area (Å²) in [5, 5.41) is 1.41. The molecule has 2 aromatic rings. The Bertz CT molecular complexity index is 429. The number of hydrogen-bond acceptors (Lipinski definition) is 1. The van der Waals surface area contributed by atoms with Crippen LogP contribution >= 0.6 is 33.9 Å². The van der Waals surface area contributed by atoms with Crippen molar-refractivity contribution in [1.29, 1.82) is 0 Å². The molecule has 0 aliphatic rings. The van der Waals surface area contributed by atoms with Gasteiger partial charge in [0.1, 0.15) is 0 Å². The van der Waals surface area contributed by atoms with Crippen LogP contribution in [0, 0.1) is 17.4 Å². The molecule has 62 valence electrons. The van der Waals surface area contributed by atoms with Crippen molar-refractivity contribution in [2.24, 2.45) is 0 Å². The summed E-state index contributed by atoms with van der Waals surface area (Å²) in [7, 11) is 0. The molecule has 0 radical (unpaired) electrons. The smallest absolute Gasteiger partial charge is 0.0359 e. The summed E-state index contributed by atoms with van der Waals surface area (Å²) in [6.07, 6.45) is 0. The van der Waals surface area contributed by atoms with Crippen LogP contribution in [0.4, 0.5) is 0 Å². The first-order valence-electron chi connectivity index (χ1n) is 3.84. The quantitative estimate of drug-likeness (QED) is 0.640. The highest BCUT2D eigenvalue weighted by Gasteiger charge is 2.04. The molecular weight excluding hydrogens is 279 g/mol. The van der Waals surface area contributed by atoms with Gasteiger partial charge in [-0.3, -0.25) is 0 Å². The van der Waals surface area contributed by atoms with Crippen molar-refractivity contribution in [2.45, 2.75) is 13.8 Å². The number of fused-ring (bicyclic) bond motifs is 1. The summed E-state index contributed by atoms with van der Waals surface area (Å²) in [4.78, 5) is 1.43. The van der Waals surface area contributed by atoms with Gasteiger partial charge in [0.2, 0.25) is 0 Å². The van der Waals surface area contributed by atoms with E-state index in [0.717, 1.165) is 0 Å². The molecule has 0 saturated heterocycles. The number of hydrogen-bond donors (Lipinski definition) is 0. The lowest BCUT2D eigenvalue weighted by Crippen LogP contribution is -1.71. The van der Waals surface area contributed by atoms with Gasteiger partial charge in [-0.15, -0.1) is 11.3 Å². The molecule has 0 saturated carbocycles. The third kappa shape index (κ3) is 1.27. The lowest BCUT2D eigenvalue weighted by molar-refractivity contribution is 1.51. The summed E-state index contributed by atoms with van der Waals surface area (Å²) >= 11 is 4.31. The zero-order chi connectivity index (χ0) is 8.72. The predicted molar refractivity (Wildman–Crippen MR) is 64.0 cm³/mol. The molecule has 0 atom stereocenters. The fourth-order valence-electron chi connectivity index (χ4n) is 1.29. The SMILES string of the molecule is Cc1ccc2c(I)c(C)sc2c1. The van der Waals surface area contributed by atoms with Gasteiger partial charge in [0.05, 0.1) is 0 Å². The summed E-state index contributed by atoms with van der Waals surface area (Å²) in [6, 6.07) is 6.65. The van der Waals surface area contributed by atoms with Crippen LogP contribution in [0.2, 0.25) is 0 Å². The Hall–Kier alpha value is -0.0900. The minimum atomic E-state index is 1.35. The monoisotopic (exact) mass is 288 g/mol. The summed E-state index contributed by atoms with van der Waals surface area (Å²) in [5.74, 6) is 0. The van der Waals surface area contributed by atoms with E-state index in [-0.39, 0.29) is 0 Å². The lowest BCUT2D eigenvalue weighted by Gasteiger charge is -1.92. The van der Waals surface area contributed by atoms with Crippen molar-refractivity contribution >= 4 is 44.0 Å². The van der Waals surface area contributed by atoms with Gasteiger partial charge in [0, 0.05) is 18.5 Å². The van der Waals surface area contributed by atoms with E-state index in [1.54, 1.807) is 0 Å². The van der Waals surface area contributed by atoms with Crippen molar-refractivity contribution in [1.82, 2.24) is 0 Å². The highest BCUT2D eigenvalue weighted by molar-refractivity contribution is 14.1. The molecule has 2 rings (SSSR count). The molecule has 1 aromatic carbocycles. The highest BCUT2D eigenvalue weighted by Crippen LogP contribution is 2.32. The van der Waals surface area contributed by atoms with Crippen molar-refractivity contribution < 1.29 is 0 Å². The van der Waals surface area contributed by atoms with Crippen molar-refractivity contribution in [3.8, 4) is 0 Å². The van der Waals surface area contributed by atoms with Crippen LogP contribution in [0.1, 0.15) is 10.4 Å². The van der Waals surface area contributed by atoms with Crippen LogP contribution < -0.4 is 0 Å². The molecule has 0 bridgehead atoms. The first-order valence-corrected chi connectivity index (χ1v) is 5.73. The maximum Gasteiger partial charge on any atom is 0.0359 e. The van der Waals surface area contributed by atoms with E-state index in [1.165, 1.54) is 24.1 Å². The molecule has 0 nitrogen and oxygen atoms in total. The van der Waals surface area contributed by atoms with Crippen LogP contribution in [0.15, 0.2) is 18.2 Å². The van der Waals surface area contributed by atoms with Gasteiger partial charge in [-0.05, 0) is 48.1 Å². The second-order valence-corrected chi connectivity index (χ2v) is 5.31. The zero-order valence-electron chi connectivity index (χ0n) is 7.02. The van der Waals surface area contributed by atoms with Crippen LogP contribution in [0.5, 0.6) is 0 Å². The third-order valence-electron chi connectivity index (χ3n) is 1.95. The van der Waals surface area contributed by atoms with Crippen molar-refractivity contribution in [2.75, 3.05) is 0 Å². The van der Waals surface area contributed by atoms with Gasteiger partial charge < -0.3 is 0 Å². The third-order valence-corrected chi connectivity index (χ3v) is 4.77. The Labute approximate surface area is 89.7 Å². The molecule has 1 heterocycles. The fraction of sp³-hybridized carbons (Fsp3) is 0.200. The Balaban J connectivity index is 2.87. The lowest BCUT2D eigenvalue weighted by atomic mass is 10.2. The molecule has 0 amide bonds. The molecular formula is C10H9IS. The van der Waals surface area contributed by atoms with Crippen LogP contribution in [0.3, 0.4) is 0 Å². The Morgan fingerprint density at radius 1 is 1.25 bits per heavy atom.